The normalized spacial score (nSPS) is 11.0. The van der Waals surface area contributed by atoms with E-state index >= 15 is 0 Å². The van der Waals surface area contributed by atoms with E-state index in [0.717, 1.165) is 11.1 Å². The van der Waals surface area contributed by atoms with Crippen molar-refractivity contribution in [3.8, 4) is 0 Å². The van der Waals surface area contributed by atoms with Crippen molar-refractivity contribution in [3.63, 3.8) is 0 Å². The fourth-order valence-corrected chi connectivity index (χ4v) is 3.59. The van der Waals surface area contributed by atoms with Gasteiger partial charge in [-0.1, -0.05) is 72.8 Å². The molecule has 0 saturated carbocycles. The number of non-ortho nitro benzene ring substituents is 1. The van der Waals surface area contributed by atoms with Crippen LogP contribution >= 0.6 is 0 Å². The maximum Gasteiger partial charge on any atom is 0.269 e. The molecule has 158 valence electrons. The number of amides is 1. The third-order valence-electron chi connectivity index (χ3n) is 5.28. The van der Waals surface area contributed by atoms with Gasteiger partial charge in [0.2, 0.25) is 0 Å². The number of hydrogen-bond donors (Lipinski definition) is 2. The number of aliphatic hydroxyl groups is 1. The standard InChI is InChI=1S/C26H20N2O4/c29-25(19-11-17-24(18-12-19)28(31)32)27-23-15-13-22(14-16-23)26(30,20-7-3-1-4-8-20)21-9-5-2-6-10-21/h1-18,30H,(H,27,29). The van der Waals surface area contributed by atoms with Crippen LogP contribution < -0.4 is 5.32 Å². The van der Waals surface area contributed by atoms with Crippen LogP contribution in [-0.2, 0) is 5.60 Å². The number of rotatable bonds is 6. The van der Waals surface area contributed by atoms with Gasteiger partial charge in [0.05, 0.1) is 4.92 Å². The maximum atomic E-state index is 12.5. The van der Waals surface area contributed by atoms with E-state index in [-0.39, 0.29) is 11.6 Å². The van der Waals surface area contributed by atoms with Crippen molar-refractivity contribution in [1.82, 2.24) is 0 Å². The molecule has 6 nitrogen and oxygen atoms in total. The van der Waals surface area contributed by atoms with Gasteiger partial charge in [0.15, 0.2) is 0 Å². The summed E-state index contributed by atoms with van der Waals surface area (Å²) in [4.78, 5) is 22.8. The number of anilines is 1. The monoisotopic (exact) mass is 424 g/mol. The molecule has 0 heterocycles. The Morgan fingerprint density at radius 2 is 1.19 bits per heavy atom. The fourth-order valence-electron chi connectivity index (χ4n) is 3.59. The first-order chi connectivity index (χ1) is 15.5. The summed E-state index contributed by atoms with van der Waals surface area (Å²) in [6.45, 7) is 0. The van der Waals surface area contributed by atoms with E-state index in [1.807, 2.05) is 60.7 Å². The van der Waals surface area contributed by atoms with Crippen molar-refractivity contribution in [2.45, 2.75) is 5.60 Å². The number of benzene rings is 4. The van der Waals surface area contributed by atoms with Crippen LogP contribution in [0.5, 0.6) is 0 Å². The molecule has 0 aromatic heterocycles. The Labute approximate surface area is 184 Å². The molecule has 2 N–H and O–H groups in total. The minimum Gasteiger partial charge on any atom is -0.376 e. The van der Waals surface area contributed by atoms with E-state index in [9.17, 15) is 20.0 Å². The van der Waals surface area contributed by atoms with Crippen molar-refractivity contribution in [2.75, 3.05) is 5.32 Å². The molecule has 0 atom stereocenters. The van der Waals surface area contributed by atoms with Crippen LogP contribution in [0.15, 0.2) is 109 Å². The highest BCUT2D eigenvalue weighted by molar-refractivity contribution is 6.04. The predicted molar refractivity (Wildman–Crippen MR) is 122 cm³/mol. The Kier molecular flexibility index (Phi) is 5.79. The van der Waals surface area contributed by atoms with Crippen LogP contribution in [0, 0.1) is 10.1 Å². The first-order valence-corrected chi connectivity index (χ1v) is 9.98. The number of nitro benzene ring substituents is 1. The van der Waals surface area contributed by atoms with Gasteiger partial charge in [-0.05, 0) is 41.0 Å². The fraction of sp³-hybridized carbons (Fsp3) is 0.0385. The predicted octanol–water partition coefficient (Wildman–Crippen LogP) is 5.13. The molecule has 32 heavy (non-hydrogen) atoms. The minimum absolute atomic E-state index is 0.0768. The van der Waals surface area contributed by atoms with Crippen molar-refractivity contribution < 1.29 is 14.8 Å². The summed E-state index contributed by atoms with van der Waals surface area (Å²) < 4.78 is 0. The molecule has 4 aromatic rings. The number of hydrogen-bond acceptors (Lipinski definition) is 4. The van der Waals surface area contributed by atoms with Crippen molar-refractivity contribution in [1.29, 1.82) is 0 Å². The van der Waals surface area contributed by atoms with Crippen LogP contribution in [0.4, 0.5) is 11.4 Å². The molecule has 4 aromatic carbocycles. The van der Waals surface area contributed by atoms with Gasteiger partial charge in [0.25, 0.3) is 11.6 Å². The maximum absolute atomic E-state index is 12.5. The first-order valence-electron chi connectivity index (χ1n) is 9.98. The number of nitrogens with one attached hydrogen (secondary N) is 1. The van der Waals surface area contributed by atoms with E-state index in [1.54, 1.807) is 24.3 Å². The molecule has 6 heteroatoms. The summed E-state index contributed by atoms with van der Waals surface area (Å²) >= 11 is 0. The quantitative estimate of drug-likeness (QED) is 0.255. The van der Waals surface area contributed by atoms with Gasteiger partial charge in [-0.3, -0.25) is 14.9 Å². The molecule has 0 unspecified atom stereocenters. The first kappa shape index (κ1) is 21.0. The molecule has 1 amide bonds. The lowest BCUT2D eigenvalue weighted by Crippen LogP contribution is -2.28. The zero-order valence-electron chi connectivity index (χ0n) is 17.0. The topological polar surface area (TPSA) is 92.5 Å². The van der Waals surface area contributed by atoms with Crippen LogP contribution in [0.3, 0.4) is 0 Å². The van der Waals surface area contributed by atoms with E-state index < -0.39 is 10.5 Å². The minimum atomic E-state index is -1.36. The van der Waals surface area contributed by atoms with Crippen molar-refractivity contribution >= 4 is 17.3 Å². The average molecular weight is 424 g/mol. The van der Waals surface area contributed by atoms with Gasteiger partial charge in [-0.2, -0.15) is 0 Å². The summed E-state index contributed by atoms with van der Waals surface area (Å²) in [6.07, 6.45) is 0. The zero-order chi connectivity index (χ0) is 22.6. The summed E-state index contributed by atoms with van der Waals surface area (Å²) in [7, 11) is 0. The molecule has 0 aliphatic carbocycles. The van der Waals surface area contributed by atoms with Crippen molar-refractivity contribution in [3.05, 3.63) is 142 Å². The molecular formula is C26H20N2O4. The Morgan fingerprint density at radius 1 is 0.719 bits per heavy atom. The number of carbonyl (C=O) groups is 1. The molecule has 0 aliphatic rings. The van der Waals surface area contributed by atoms with Gasteiger partial charge < -0.3 is 10.4 Å². The smallest absolute Gasteiger partial charge is 0.269 e. The molecule has 0 bridgehead atoms. The lowest BCUT2D eigenvalue weighted by Gasteiger charge is -2.30. The molecule has 4 rings (SSSR count). The lowest BCUT2D eigenvalue weighted by atomic mass is 9.80. The molecule has 0 saturated heterocycles. The average Bonchev–Trinajstić information content (AvgIpc) is 2.85. The van der Waals surface area contributed by atoms with Crippen molar-refractivity contribution in [2.24, 2.45) is 0 Å². The third-order valence-corrected chi connectivity index (χ3v) is 5.28. The van der Waals surface area contributed by atoms with Gasteiger partial charge >= 0.3 is 0 Å². The third kappa shape index (κ3) is 4.12. The van der Waals surface area contributed by atoms with Gasteiger partial charge in [0.1, 0.15) is 5.60 Å². The van der Waals surface area contributed by atoms with E-state index in [1.165, 1.54) is 24.3 Å². The number of carbonyl (C=O) groups excluding carboxylic acids is 1. The Balaban J connectivity index is 1.61. The number of nitro groups is 1. The SMILES string of the molecule is O=C(Nc1ccc(C(O)(c2ccccc2)c2ccccc2)cc1)c1ccc([N+](=O)[O-])cc1. The molecule has 0 radical (unpaired) electrons. The zero-order valence-corrected chi connectivity index (χ0v) is 17.0. The van der Waals surface area contributed by atoms with E-state index in [0.29, 0.717) is 16.8 Å². The highest BCUT2D eigenvalue weighted by atomic mass is 16.6. The van der Waals surface area contributed by atoms with Gasteiger partial charge in [-0.15, -0.1) is 0 Å². The van der Waals surface area contributed by atoms with Crippen LogP contribution in [0.1, 0.15) is 27.0 Å². The second kappa shape index (κ2) is 8.83. The van der Waals surface area contributed by atoms with E-state index in [2.05, 4.69) is 5.32 Å². The largest absolute Gasteiger partial charge is 0.376 e. The van der Waals surface area contributed by atoms with E-state index in [4.69, 9.17) is 0 Å². The summed E-state index contributed by atoms with van der Waals surface area (Å²) in [5, 5.41) is 25.4. The Bertz CT molecular complexity index is 1180. The summed E-state index contributed by atoms with van der Waals surface area (Å²) in [5.74, 6) is -0.381. The van der Waals surface area contributed by atoms with Gasteiger partial charge in [0, 0.05) is 23.4 Å². The molecule has 0 fully saturated rings. The number of nitrogens with zero attached hydrogens (tertiary/aromatic N) is 1. The Morgan fingerprint density at radius 3 is 1.66 bits per heavy atom. The Hall–Kier alpha value is -4.29. The highest BCUT2D eigenvalue weighted by Crippen LogP contribution is 2.36. The second-order valence-corrected chi connectivity index (χ2v) is 7.28. The van der Waals surface area contributed by atoms with Crippen LogP contribution in [-0.4, -0.2) is 15.9 Å². The second-order valence-electron chi connectivity index (χ2n) is 7.28. The highest BCUT2D eigenvalue weighted by Gasteiger charge is 2.33. The summed E-state index contributed by atoms with van der Waals surface area (Å²) in [6, 6.07) is 31.2. The molecule has 0 aliphatic heterocycles. The molecular weight excluding hydrogens is 404 g/mol. The lowest BCUT2D eigenvalue weighted by molar-refractivity contribution is -0.384. The van der Waals surface area contributed by atoms with Crippen LogP contribution in [0.2, 0.25) is 0 Å². The molecule has 0 spiro atoms. The van der Waals surface area contributed by atoms with Crippen LogP contribution in [0.25, 0.3) is 0 Å². The summed E-state index contributed by atoms with van der Waals surface area (Å²) in [5.41, 5.74) is 1.53. The van der Waals surface area contributed by atoms with Gasteiger partial charge in [-0.25, -0.2) is 0 Å².